The van der Waals surface area contributed by atoms with Crippen molar-refractivity contribution in [1.29, 1.82) is 0 Å². The summed E-state index contributed by atoms with van der Waals surface area (Å²) in [4.78, 5) is 0. The molecule has 0 aromatic heterocycles. The SMILES string of the molecule is CNCCC(C)OCCO. The molecule has 0 radical (unpaired) electrons. The zero-order valence-corrected chi connectivity index (χ0v) is 6.76. The lowest BCUT2D eigenvalue weighted by Gasteiger charge is -2.10. The van der Waals surface area contributed by atoms with Gasteiger partial charge in [-0.25, -0.2) is 0 Å². The molecule has 0 fully saturated rings. The van der Waals surface area contributed by atoms with Crippen molar-refractivity contribution in [2.75, 3.05) is 26.8 Å². The van der Waals surface area contributed by atoms with Crippen molar-refractivity contribution < 1.29 is 9.84 Å². The molecule has 10 heavy (non-hydrogen) atoms. The predicted octanol–water partition coefficient (Wildman–Crippen LogP) is -0.00670. The molecule has 0 spiro atoms. The maximum atomic E-state index is 8.40. The molecule has 0 saturated heterocycles. The quantitative estimate of drug-likeness (QED) is 0.555. The Hall–Kier alpha value is -0.120. The maximum absolute atomic E-state index is 8.40. The summed E-state index contributed by atoms with van der Waals surface area (Å²) in [5, 5.41) is 11.4. The van der Waals surface area contributed by atoms with Crippen LogP contribution in [0.1, 0.15) is 13.3 Å². The number of aliphatic hydroxyl groups is 1. The Kier molecular flexibility index (Phi) is 6.91. The van der Waals surface area contributed by atoms with Crippen LogP contribution in [-0.2, 0) is 4.74 Å². The maximum Gasteiger partial charge on any atom is 0.0701 e. The smallest absolute Gasteiger partial charge is 0.0701 e. The number of rotatable bonds is 6. The van der Waals surface area contributed by atoms with E-state index in [1.54, 1.807) is 0 Å². The van der Waals surface area contributed by atoms with E-state index in [2.05, 4.69) is 5.32 Å². The van der Waals surface area contributed by atoms with Crippen molar-refractivity contribution in [2.24, 2.45) is 0 Å². The van der Waals surface area contributed by atoms with Crippen LogP contribution in [0.4, 0.5) is 0 Å². The molecule has 0 amide bonds. The molecule has 3 nitrogen and oxygen atoms in total. The van der Waals surface area contributed by atoms with Gasteiger partial charge in [-0.15, -0.1) is 0 Å². The van der Waals surface area contributed by atoms with Crippen LogP contribution in [0.25, 0.3) is 0 Å². The van der Waals surface area contributed by atoms with E-state index in [1.165, 1.54) is 0 Å². The summed E-state index contributed by atoms with van der Waals surface area (Å²) < 4.78 is 5.20. The molecule has 0 heterocycles. The lowest BCUT2D eigenvalue weighted by Crippen LogP contribution is -2.18. The molecule has 1 atom stereocenters. The number of hydrogen-bond donors (Lipinski definition) is 2. The van der Waals surface area contributed by atoms with Crippen LogP contribution in [0.2, 0.25) is 0 Å². The molecule has 0 aliphatic rings. The van der Waals surface area contributed by atoms with Gasteiger partial charge in [0, 0.05) is 0 Å². The first-order valence-electron chi connectivity index (χ1n) is 3.68. The normalized spacial score (nSPS) is 13.5. The van der Waals surface area contributed by atoms with Crippen molar-refractivity contribution >= 4 is 0 Å². The molecule has 0 aliphatic heterocycles. The van der Waals surface area contributed by atoms with Crippen LogP contribution in [0.15, 0.2) is 0 Å². The lowest BCUT2D eigenvalue weighted by molar-refractivity contribution is 0.0352. The van der Waals surface area contributed by atoms with Crippen LogP contribution >= 0.6 is 0 Å². The van der Waals surface area contributed by atoms with Gasteiger partial charge in [0.05, 0.1) is 19.3 Å². The Morgan fingerprint density at radius 3 is 2.80 bits per heavy atom. The summed E-state index contributed by atoms with van der Waals surface area (Å²) in [7, 11) is 1.92. The average Bonchev–Trinajstić information content (AvgIpc) is 1.97. The summed E-state index contributed by atoms with van der Waals surface area (Å²) in [6, 6.07) is 0. The predicted molar refractivity (Wildman–Crippen MR) is 41.0 cm³/mol. The summed E-state index contributed by atoms with van der Waals surface area (Å²) in [5.41, 5.74) is 0. The van der Waals surface area contributed by atoms with Crippen LogP contribution in [0.5, 0.6) is 0 Å². The van der Waals surface area contributed by atoms with E-state index in [9.17, 15) is 0 Å². The van der Waals surface area contributed by atoms with E-state index >= 15 is 0 Å². The monoisotopic (exact) mass is 147 g/mol. The highest BCUT2D eigenvalue weighted by Crippen LogP contribution is 1.94. The number of aliphatic hydroxyl groups excluding tert-OH is 1. The molecule has 0 rings (SSSR count). The molecular formula is C7H17NO2. The minimum Gasteiger partial charge on any atom is -0.394 e. The van der Waals surface area contributed by atoms with E-state index < -0.39 is 0 Å². The zero-order chi connectivity index (χ0) is 7.82. The third kappa shape index (κ3) is 6.01. The Morgan fingerprint density at radius 2 is 2.30 bits per heavy atom. The van der Waals surface area contributed by atoms with Gasteiger partial charge in [-0.1, -0.05) is 0 Å². The van der Waals surface area contributed by atoms with Gasteiger partial charge in [-0.05, 0) is 26.9 Å². The van der Waals surface area contributed by atoms with Crippen molar-refractivity contribution in [3.05, 3.63) is 0 Å². The van der Waals surface area contributed by atoms with Crippen LogP contribution in [0, 0.1) is 0 Å². The lowest BCUT2D eigenvalue weighted by atomic mass is 10.3. The first-order chi connectivity index (χ1) is 4.81. The molecule has 3 heteroatoms. The van der Waals surface area contributed by atoms with E-state index in [4.69, 9.17) is 9.84 Å². The molecule has 0 aromatic rings. The highest BCUT2D eigenvalue weighted by Gasteiger charge is 1.98. The minimum absolute atomic E-state index is 0.115. The van der Waals surface area contributed by atoms with Gasteiger partial charge in [-0.2, -0.15) is 0 Å². The number of ether oxygens (including phenoxy) is 1. The summed E-state index contributed by atoms with van der Waals surface area (Å²) in [5.74, 6) is 0. The Labute approximate surface area is 62.4 Å². The number of hydrogen-bond acceptors (Lipinski definition) is 3. The molecule has 62 valence electrons. The van der Waals surface area contributed by atoms with E-state index in [-0.39, 0.29) is 12.7 Å². The molecule has 0 aliphatic carbocycles. The highest BCUT2D eigenvalue weighted by molar-refractivity contribution is 4.51. The summed E-state index contributed by atoms with van der Waals surface area (Å²) >= 11 is 0. The van der Waals surface area contributed by atoms with Crippen molar-refractivity contribution in [3.63, 3.8) is 0 Å². The fraction of sp³-hybridized carbons (Fsp3) is 1.00. The Bertz CT molecular complexity index is 60.6. The zero-order valence-electron chi connectivity index (χ0n) is 6.76. The van der Waals surface area contributed by atoms with E-state index in [1.807, 2.05) is 14.0 Å². The third-order valence-electron chi connectivity index (χ3n) is 1.29. The molecule has 0 aromatic carbocycles. The second-order valence-corrected chi connectivity index (χ2v) is 2.30. The standard InChI is InChI=1S/C7H17NO2/c1-7(3-4-8-2)10-6-5-9/h7-9H,3-6H2,1-2H3. The second-order valence-electron chi connectivity index (χ2n) is 2.30. The summed E-state index contributed by atoms with van der Waals surface area (Å²) in [6.07, 6.45) is 1.25. The van der Waals surface area contributed by atoms with Gasteiger partial charge < -0.3 is 15.2 Å². The van der Waals surface area contributed by atoms with E-state index in [0.717, 1.165) is 13.0 Å². The van der Waals surface area contributed by atoms with Gasteiger partial charge in [0.1, 0.15) is 0 Å². The van der Waals surface area contributed by atoms with Gasteiger partial charge in [0.25, 0.3) is 0 Å². The molecular weight excluding hydrogens is 130 g/mol. The van der Waals surface area contributed by atoms with Crippen molar-refractivity contribution in [1.82, 2.24) is 5.32 Å². The molecule has 0 saturated carbocycles. The largest absolute Gasteiger partial charge is 0.394 e. The van der Waals surface area contributed by atoms with Crippen molar-refractivity contribution in [3.8, 4) is 0 Å². The Balaban J connectivity index is 3.00. The van der Waals surface area contributed by atoms with Gasteiger partial charge in [-0.3, -0.25) is 0 Å². The van der Waals surface area contributed by atoms with Crippen molar-refractivity contribution in [2.45, 2.75) is 19.4 Å². The summed E-state index contributed by atoms with van der Waals surface area (Å²) in [6.45, 7) is 3.54. The fourth-order valence-electron chi connectivity index (χ4n) is 0.685. The molecule has 0 bridgehead atoms. The third-order valence-corrected chi connectivity index (χ3v) is 1.29. The number of nitrogens with one attached hydrogen (secondary N) is 1. The van der Waals surface area contributed by atoms with Gasteiger partial charge in [0.2, 0.25) is 0 Å². The van der Waals surface area contributed by atoms with Crippen LogP contribution in [0.3, 0.4) is 0 Å². The fourth-order valence-corrected chi connectivity index (χ4v) is 0.685. The first kappa shape index (κ1) is 9.88. The average molecular weight is 147 g/mol. The molecule has 2 N–H and O–H groups in total. The van der Waals surface area contributed by atoms with Crippen LogP contribution < -0.4 is 5.32 Å². The van der Waals surface area contributed by atoms with Gasteiger partial charge in [0.15, 0.2) is 0 Å². The molecule has 1 unspecified atom stereocenters. The van der Waals surface area contributed by atoms with E-state index in [0.29, 0.717) is 6.61 Å². The minimum atomic E-state index is 0.115. The Morgan fingerprint density at radius 1 is 1.60 bits per heavy atom. The topological polar surface area (TPSA) is 41.5 Å². The van der Waals surface area contributed by atoms with Crippen LogP contribution in [-0.4, -0.2) is 38.0 Å². The second kappa shape index (κ2) is 6.99. The first-order valence-corrected chi connectivity index (χ1v) is 3.68. The highest BCUT2D eigenvalue weighted by atomic mass is 16.5. The van der Waals surface area contributed by atoms with Gasteiger partial charge >= 0.3 is 0 Å².